The Morgan fingerprint density at radius 1 is 1.32 bits per heavy atom. The van der Waals surface area contributed by atoms with Gasteiger partial charge in [0.2, 0.25) is 15.8 Å². The first-order chi connectivity index (χ1) is 11.7. The average Bonchev–Trinajstić information content (AvgIpc) is 3.03. The summed E-state index contributed by atoms with van der Waals surface area (Å²) in [4.78, 5) is 3.30. The number of nitrogens with zero attached hydrogens (tertiary/aromatic N) is 2. The van der Waals surface area contributed by atoms with Crippen molar-refractivity contribution in [3.63, 3.8) is 0 Å². The molecule has 0 saturated carbocycles. The quantitative estimate of drug-likeness (QED) is 0.751. The molecule has 0 aliphatic heterocycles. The van der Waals surface area contributed by atoms with Gasteiger partial charge in [-0.25, -0.2) is 13.1 Å². The highest BCUT2D eigenvalue weighted by Gasteiger charge is 2.38. The van der Waals surface area contributed by atoms with Gasteiger partial charge in [0.15, 0.2) is 0 Å². The van der Waals surface area contributed by atoms with Crippen LogP contribution in [0.15, 0.2) is 41.4 Å². The van der Waals surface area contributed by atoms with E-state index in [0.717, 1.165) is 0 Å². The summed E-state index contributed by atoms with van der Waals surface area (Å²) in [6.45, 7) is 5.20. The second-order valence-electron chi connectivity index (χ2n) is 5.19. The Hall–Kier alpha value is -2.20. The van der Waals surface area contributed by atoms with Crippen LogP contribution in [0.4, 0.5) is 13.2 Å². The molecule has 2 aromatic rings. The molecule has 136 valence electrons. The highest BCUT2D eigenvalue weighted by molar-refractivity contribution is 7.89. The van der Waals surface area contributed by atoms with Gasteiger partial charge in [0, 0.05) is 11.6 Å². The number of sulfonamides is 1. The number of hydrogen-bond donors (Lipinski definition) is 1. The monoisotopic (exact) mass is 375 g/mol. The molecule has 0 fully saturated rings. The summed E-state index contributed by atoms with van der Waals surface area (Å²) in [7, 11) is -3.50. The van der Waals surface area contributed by atoms with Crippen LogP contribution in [0, 0.1) is 0 Å². The second-order valence-corrected chi connectivity index (χ2v) is 6.99. The molecule has 1 N–H and O–H groups in total. The van der Waals surface area contributed by atoms with Crippen LogP contribution in [0.5, 0.6) is 0 Å². The van der Waals surface area contributed by atoms with Gasteiger partial charge in [0.25, 0.3) is 0 Å². The minimum Gasteiger partial charge on any atom is -0.329 e. The van der Waals surface area contributed by atoms with Gasteiger partial charge in [-0.05, 0) is 12.0 Å². The molecule has 0 saturated heterocycles. The predicted molar refractivity (Wildman–Crippen MR) is 84.9 cm³/mol. The van der Waals surface area contributed by atoms with Gasteiger partial charge in [-0.1, -0.05) is 42.4 Å². The van der Waals surface area contributed by atoms with E-state index in [0.29, 0.717) is 17.5 Å². The first kappa shape index (κ1) is 19.1. The molecular weight excluding hydrogens is 359 g/mol. The first-order valence-corrected chi connectivity index (χ1v) is 8.93. The van der Waals surface area contributed by atoms with Crippen LogP contribution in [0.3, 0.4) is 0 Å². The smallest absolute Gasteiger partial charge is 0.329 e. The van der Waals surface area contributed by atoms with E-state index in [1.807, 2.05) is 6.92 Å². The van der Waals surface area contributed by atoms with Gasteiger partial charge in [-0.2, -0.15) is 18.2 Å². The summed E-state index contributed by atoms with van der Waals surface area (Å²) in [6, 6.07) is 5.75. The molecule has 1 aromatic carbocycles. The zero-order chi connectivity index (χ0) is 18.7. The van der Waals surface area contributed by atoms with E-state index in [2.05, 4.69) is 26.0 Å². The standard InChI is InChI=1S/C15H16F3N3O3S/c1-3-9-25(22,23)21-12(4-2)10-5-7-11(8-6-10)13-19-14(24-20-13)15(16,17)18/h3,5-8,12,21H,1,4,9H2,2H3. The molecule has 1 aromatic heterocycles. The maximum Gasteiger partial charge on any atom is 0.471 e. The summed E-state index contributed by atoms with van der Waals surface area (Å²) in [6.07, 6.45) is -2.93. The van der Waals surface area contributed by atoms with Crippen molar-refractivity contribution >= 4 is 10.0 Å². The van der Waals surface area contributed by atoms with Crippen LogP contribution in [-0.2, 0) is 16.2 Å². The molecule has 6 nitrogen and oxygen atoms in total. The zero-order valence-electron chi connectivity index (χ0n) is 13.2. The van der Waals surface area contributed by atoms with Crippen LogP contribution in [0.2, 0.25) is 0 Å². The minimum absolute atomic E-state index is 0.195. The molecule has 10 heteroatoms. The first-order valence-electron chi connectivity index (χ1n) is 7.28. The van der Waals surface area contributed by atoms with Crippen LogP contribution >= 0.6 is 0 Å². The van der Waals surface area contributed by atoms with Gasteiger partial charge in [0.05, 0.1) is 5.75 Å². The number of aromatic nitrogens is 2. The third kappa shape index (κ3) is 4.89. The number of hydrogen-bond acceptors (Lipinski definition) is 5. The topological polar surface area (TPSA) is 85.1 Å². The van der Waals surface area contributed by atoms with Crippen molar-refractivity contribution in [3.05, 3.63) is 48.4 Å². The summed E-state index contributed by atoms with van der Waals surface area (Å²) in [5.74, 6) is -1.82. The molecule has 25 heavy (non-hydrogen) atoms. The molecule has 1 atom stereocenters. The number of alkyl halides is 3. The van der Waals surface area contributed by atoms with Gasteiger partial charge in [0.1, 0.15) is 0 Å². The number of halogens is 3. The molecule has 2 rings (SSSR count). The maximum atomic E-state index is 12.5. The van der Waals surface area contributed by atoms with Crippen molar-refractivity contribution in [1.82, 2.24) is 14.9 Å². The van der Waals surface area contributed by atoms with Crippen LogP contribution in [-0.4, -0.2) is 24.3 Å². The second kappa shape index (κ2) is 7.36. The lowest BCUT2D eigenvalue weighted by molar-refractivity contribution is -0.159. The van der Waals surface area contributed by atoms with Crippen LogP contribution in [0.1, 0.15) is 30.8 Å². The van der Waals surface area contributed by atoms with Crippen molar-refractivity contribution in [3.8, 4) is 11.4 Å². The molecule has 1 heterocycles. The molecule has 0 aliphatic rings. The van der Waals surface area contributed by atoms with E-state index < -0.39 is 28.1 Å². The zero-order valence-corrected chi connectivity index (χ0v) is 14.1. The lowest BCUT2D eigenvalue weighted by atomic mass is 10.0. The van der Waals surface area contributed by atoms with E-state index in [4.69, 9.17) is 0 Å². The predicted octanol–water partition coefficient (Wildman–Crippen LogP) is 3.31. The number of rotatable bonds is 7. The Morgan fingerprint density at radius 2 is 1.96 bits per heavy atom. The van der Waals surface area contributed by atoms with Crippen molar-refractivity contribution in [2.24, 2.45) is 0 Å². The lowest BCUT2D eigenvalue weighted by Gasteiger charge is -2.17. The number of benzene rings is 1. The Morgan fingerprint density at radius 3 is 2.44 bits per heavy atom. The molecule has 1 unspecified atom stereocenters. The van der Waals surface area contributed by atoms with E-state index in [1.165, 1.54) is 18.2 Å². The fourth-order valence-electron chi connectivity index (χ4n) is 2.13. The van der Waals surface area contributed by atoms with Crippen molar-refractivity contribution < 1.29 is 26.1 Å². The Labute approximate surface area is 142 Å². The summed E-state index contributed by atoms with van der Waals surface area (Å²) >= 11 is 0. The van der Waals surface area contributed by atoms with E-state index >= 15 is 0 Å². The van der Waals surface area contributed by atoms with Gasteiger partial charge < -0.3 is 4.52 Å². The van der Waals surface area contributed by atoms with Gasteiger partial charge in [-0.15, -0.1) is 6.58 Å². The van der Waals surface area contributed by atoms with E-state index in [-0.39, 0.29) is 11.6 Å². The average molecular weight is 375 g/mol. The minimum atomic E-state index is -4.71. The summed E-state index contributed by atoms with van der Waals surface area (Å²) in [5.41, 5.74) is 0.991. The highest BCUT2D eigenvalue weighted by atomic mass is 32.2. The third-order valence-electron chi connectivity index (χ3n) is 3.31. The Balaban J connectivity index is 2.20. The van der Waals surface area contributed by atoms with Crippen molar-refractivity contribution in [2.75, 3.05) is 5.75 Å². The Bertz CT molecular complexity index is 830. The normalized spacial score (nSPS) is 13.6. The van der Waals surface area contributed by atoms with E-state index in [1.54, 1.807) is 12.1 Å². The lowest BCUT2D eigenvalue weighted by Crippen LogP contribution is -2.29. The molecule has 0 aliphatic carbocycles. The molecular formula is C15H16F3N3O3S. The molecule has 0 amide bonds. The molecule has 0 bridgehead atoms. The fourth-order valence-corrected chi connectivity index (χ4v) is 3.27. The highest BCUT2D eigenvalue weighted by Crippen LogP contribution is 2.29. The van der Waals surface area contributed by atoms with Crippen molar-refractivity contribution in [1.29, 1.82) is 0 Å². The maximum absolute atomic E-state index is 12.5. The van der Waals surface area contributed by atoms with Gasteiger partial charge >= 0.3 is 12.1 Å². The summed E-state index contributed by atoms with van der Waals surface area (Å²) < 4.78 is 67.9. The summed E-state index contributed by atoms with van der Waals surface area (Å²) in [5, 5.41) is 3.30. The third-order valence-corrected chi connectivity index (χ3v) is 4.63. The molecule has 0 spiro atoms. The largest absolute Gasteiger partial charge is 0.471 e. The van der Waals surface area contributed by atoms with Crippen LogP contribution in [0.25, 0.3) is 11.4 Å². The number of nitrogens with one attached hydrogen (secondary N) is 1. The SMILES string of the molecule is C=CCS(=O)(=O)NC(CC)c1ccc(-c2noc(C(F)(F)F)n2)cc1. The Kier molecular flexibility index (Phi) is 5.63. The van der Waals surface area contributed by atoms with Gasteiger partial charge in [-0.3, -0.25) is 0 Å². The van der Waals surface area contributed by atoms with Crippen LogP contribution < -0.4 is 4.72 Å². The van der Waals surface area contributed by atoms with E-state index in [9.17, 15) is 21.6 Å². The van der Waals surface area contributed by atoms with Crippen molar-refractivity contribution in [2.45, 2.75) is 25.6 Å². The fraction of sp³-hybridized carbons (Fsp3) is 0.333. The molecule has 0 radical (unpaired) electrons.